The molecule has 0 aliphatic carbocycles. The van der Waals surface area contributed by atoms with Crippen molar-refractivity contribution in [3.8, 4) is 0 Å². The second kappa shape index (κ2) is 8.97. The van der Waals surface area contributed by atoms with E-state index >= 15 is 0 Å². The van der Waals surface area contributed by atoms with Crippen LogP contribution in [0.2, 0.25) is 0 Å². The largest absolute Gasteiger partial charge is 0.465 e. The van der Waals surface area contributed by atoms with Crippen LogP contribution in [0.4, 0.5) is 14.9 Å². The molecule has 12 heteroatoms. The van der Waals surface area contributed by atoms with Crippen LogP contribution in [0.3, 0.4) is 0 Å². The average molecular weight is 450 g/mol. The Balaban J connectivity index is 2.07. The maximum atomic E-state index is 13.3. The molecule has 8 nitrogen and oxygen atoms in total. The fourth-order valence-corrected chi connectivity index (χ4v) is 3.68. The fourth-order valence-electron chi connectivity index (χ4n) is 1.64. The van der Waals surface area contributed by atoms with Gasteiger partial charge in [0.25, 0.3) is 0 Å². The highest BCUT2D eigenvalue weighted by Crippen LogP contribution is 2.24. The summed E-state index contributed by atoms with van der Waals surface area (Å²) in [6.07, 6.45) is -1.02. The van der Waals surface area contributed by atoms with Crippen LogP contribution in [0.15, 0.2) is 32.9 Å². The first kappa shape index (κ1) is 19.4. The molecule has 0 saturated carbocycles. The average Bonchev–Trinajstić information content (AvgIpc) is 3.04. The molecule has 1 amide bonds. The number of oxime groups is 1. The standard InChI is InChI=1S/C13H13BrFN5O3S2/c1-20(13(21)22)4-5-24-12-10(18-25-19-12)11(17-23)16-7-2-3-9(15)8(14)6-7/h2-3,6,23H,4-5H2,1H3,(H,16,17)(H,21,22). The number of carboxylic acid groups (broad SMARTS) is 1. The van der Waals surface area contributed by atoms with Gasteiger partial charge in [-0.2, -0.15) is 8.75 Å². The molecular formula is C13H13BrFN5O3S2. The molecule has 0 bridgehead atoms. The Morgan fingerprint density at radius 1 is 1.52 bits per heavy atom. The number of thioether (sulfide) groups is 1. The van der Waals surface area contributed by atoms with Crippen LogP contribution in [0.25, 0.3) is 0 Å². The molecule has 0 fully saturated rings. The van der Waals surface area contributed by atoms with E-state index in [-0.39, 0.29) is 10.3 Å². The number of nitrogens with zero attached hydrogens (tertiary/aromatic N) is 4. The molecule has 0 atom stereocenters. The van der Waals surface area contributed by atoms with Gasteiger partial charge in [0.1, 0.15) is 10.8 Å². The monoisotopic (exact) mass is 449 g/mol. The van der Waals surface area contributed by atoms with Crippen LogP contribution >= 0.6 is 39.4 Å². The number of hydrogen-bond acceptors (Lipinski definition) is 7. The number of benzene rings is 1. The summed E-state index contributed by atoms with van der Waals surface area (Å²) in [4.78, 5) is 11.9. The summed E-state index contributed by atoms with van der Waals surface area (Å²) in [6, 6.07) is 4.24. The van der Waals surface area contributed by atoms with Crippen LogP contribution < -0.4 is 5.32 Å². The predicted octanol–water partition coefficient (Wildman–Crippen LogP) is 3.39. The molecule has 0 radical (unpaired) electrons. The number of amidine groups is 1. The van der Waals surface area contributed by atoms with Crippen LogP contribution in [0.1, 0.15) is 5.69 Å². The number of nitrogens with one attached hydrogen (secondary N) is 1. The molecule has 25 heavy (non-hydrogen) atoms. The summed E-state index contributed by atoms with van der Waals surface area (Å²) >= 11 is 5.31. The summed E-state index contributed by atoms with van der Waals surface area (Å²) in [5, 5.41) is 24.6. The molecule has 2 rings (SSSR count). The number of hydrogen-bond donors (Lipinski definition) is 3. The number of amides is 1. The van der Waals surface area contributed by atoms with Crippen molar-refractivity contribution in [2.75, 3.05) is 24.7 Å². The van der Waals surface area contributed by atoms with Gasteiger partial charge < -0.3 is 20.5 Å². The van der Waals surface area contributed by atoms with Crippen LogP contribution in [0.5, 0.6) is 0 Å². The van der Waals surface area contributed by atoms with Crippen LogP contribution in [-0.4, -0.2) is 55.2 Å². The molecule has 2 aromatic rings. The number of halogens is 2. The summed E-state index contributed by atoms with van der Waals surface area (Å²) in [6.45, 7) is 0.306. The molecule has 0 aliphatic rings. The zero-order valence-electron chi connectivity index (χ0n) is 12.8. The van der Waals surface area contributed by atoms with Gasteiger partial charge in [-0.15, -0.1) is 11.8 Å². The topological polar surface area (TPSA) is 111 Å². The third-order valence-corrected chi connectivity index (χ3v) is 5.15. The Labute approximate surface area is 159 Å². The van der Waals surface area contributed by atoms with Gasteiger partial charge in [0.15, 0.2) is 11.5 Å². The second-order valence-corrected chi connectivity index (χ2v) is 7.14. The Morgan fingerprint density at radius 2 is 2.28 bits per heavy atom. The highest BCUT2D eigenvalue weighted by Gasteiger charge is 2.17. The third kappa shape index (κ3) is 5.28. The lowest BCUT2D eigenvalue weighted by Crippen LogP contribution is -2.27. The van der Waals surface area contributed by atoms with E-state index in [9.17, 15) is 14.4 Å². The van der Waals surface area contributed by atoms with Gasteiger partial charge in [0, 0.05) is 25.0 Å². The number of carbonyl (C=O) groups is 1. The van der Waals surface area contributed by atoms with E-state index in [0.717, 1.165) is 16.6 Å². The Morgan fingerprint density at radius 3 is 2.92 bits per heavy atom. The van der Waals surface area contributed by atoms with Crippen molar-refractivity contribution in [3.63, 3.8) is 0 Å². The van der Waals surface area contributed by atoms with Crippen molar-refractivity contribution in [3.05, 3.63) is 34.2 Å². The summed E-state index contributed by atoms with van der Waals surface area (Å²) in [5.74, 6) is 0.102. The highest BCUT2D eigenvalue weighted by atomic mass is 79.9. The van der Waals surface area contributed by atoms with E-state index in [2.05, 4.69) is 35.1 Å². The Hall–Kier alpha value is -1.92. The minimum atomic E-state index is -1.02. The Kier molecular flexibility index (Phi) is 6.96. The summed E-state index contributed by atoms with van der Waals surface area (Å²) < 4.78 is 21.8. The predicted molar refractivity (Wildman–Crippen MR) is 97.3 cm³/mol. The van der Waals surface area contributed by atoms with Crippen molar-refractivity contribution in [2.45, 2.75) is 5.03 Å². The van der Waals surface area contributed by atoms with E-state index in [1.54, 1.807) is 0 Å². The molecular weight excluding hydrogens is 437 g/mol. The molecule has 0 unspecified atom stereocenters. The fraction of sp³-hybridized carbons (Fsp3) is 0.231. The van der Waals surface area contributed by atoms with E-state index in [1.807, 2.05) is 0 Å². The summed E-state index contributed by atoms with van der Waals surface area (Å²) in [7, 11) is 1.47. The van der Waals surface area contributed by atoms with Crippen LogP contribution in [0, 0.1) is 5.82 Å². The van der Waals surface area contributed by atoms with Gasteiger partial charge in [0.05, 0.1) is 16.2 Å². The summed E-state index contributed by atoms with van der Waals surface area (Å²) in [5.41, 5.74) is 0.826. The lowest BCUT2D eigenvalue weighted by atomic mass is 10.3. The Bertz CT molecular complexity index is 789. The van der Waals surface area contributed by atoms with E-state index < -0.39 is 11.9 Å². The van der Waals surface area contributed by atoms with Gasteiger partial charge in [-0.1, -0.05) is 5.16 Å². The smallest absolute Gasteiger partial charge is 0.407 e. The zero-order valence-corrected chi connectivity index (χ0v) is 16.0. The lowest BCUT2D eigenvalue weighted by Gasteiger charge is -2.12. The third-order valence-electron chi connectivity index (χ3n) is 2.96. The second-order valence-electron chi connectivity index (χ2n) is 4.67. The van der Waals surface area contributed by atoms with Gasteiger partial charge in [-0.05, 0) is 34.1 Å². The quantitative estimate of drug-likeness (QED) is 0.203. The van der Waals surface area contributed by atoms with E-state index in [0.29, 0.717) is 28.7 Å². The first-order valence-electron chi connectivity index (χ1n) is 6.76. The zero-order chi connectivity index (χ0) is 18.4. The van der Waals surface area contributed by atoms with Gasteiger partial charge >= 0.3 is 6.09 Å². The van der Waals surface area contributed by atoms with Gasteiger partial charge in [-0.25, -0.2) is 9.18 Å². The number of rotatable bonds is 6. The minimum absolute atomic E-state index is 0.0568. The van der Waals surface area contributed by atoms with E-state index in [1.165, 1.54) is 37.0 Å². The molecule has 0 aliphatic heterocycles. The van der Waals surface area contributed by atoms with Gasteiger partial charge in [0.2, 0.25) is 0 Å². The molecule has 1 heterocycles. The maximum absolute atomic E-state index is 13.3. The normalized spacial score (nSPS) is 11.4. The minimum Gasteiger partial charge on any atom is -0.465 e. The first-order chi connectivity index (χ1) is 11.9. The SMILES string of the molecule is CN(CCSc1nsnc1/C(=N/O)Nc1ccc(F)c(Br)c1)C(=O)O. The lowest BCUT2D eigenvalue weighted by molar-refractivity contribution is 0.158. The number of anilines is 1. The molecule has 134 valence electrons. The van der Waals surface area contributed by atoms with Gasteiger partial charge in [-0.3, -0.25) is 0 Å². The van der Waals surface area contributed by atoms with Crippen molar-refractivity contribution >= 4 is 57.0 Å². The molecule has 0 saturated heterocycles. The number of aromatic nitrogens is 2. The van der Waals surface area contributed by atoms with Crippen molar-refractivity contribution in [1.82, 2.24) is 13.6 Å². The molecule has 1 aromatic heterocycles. The molecule has 1 aromatic carbocycles. The molecule has 0 spiro atoms. The molecule has 3 N–H and O–H groups in total. The highest BCUT2D eigenvalue weighted by molar-refractivity contribution is 9.10. The van der Waals surface area contributed by atoms with Crippen molar-refractivity contribution < 1.29 is 19.5 Å². The maximum Gasteiger partial charge on any atom is 0.407 e. The van der Waals surface area contributed by atoms with Crippen LogP contribution in [-0.2, 0) is 0 Å². The van der Waals surface area contributed by atoms with Crippen molar-refractivity contribution in [2.24, 2.45) is 5.16 Å². The van der Waals surface area contributed by atoms with E-state index in [4.69, 9.17) is 5.11 Å². The van der Waals surface area contributed by atoms with Crippen molar-refractivity contribution in [1.29, 1.82) is 0 Å². The first-order valence-corrected chi connectivity index (χ1v) is 9.27.